The fourth-order valence-corrected chi connectivity index (χ4v) is 3.08. The van der Waals surface area contributed by atoms with Gasteiger partial charge in [-0.3, -0.25) is 18.7 Å². The third kappa shape index (κ3) is 3.14. The molecule has 6 heteroatoms. The molecular weight excluding hydrogens is 328 g/mol. The molecule has 0 spiro atoms. The molecule has 0 aliphatic carbocycles. The first-order valence-electron chi connectivity index (χ1n) is 8.84. The number of nitrogens with zero attached hydrogens (tertiary/aromatic N) is 3. The molecule has 0 fully saturated rings. The molecule has 3 rings (SSSR count). The number of rotatable bonds is 5. The second kappa shape index (κ2) is 7.15. The van der Waals surface area contributed by atoms with E-state index in [4.69, 9.17) is 0 Å². The monoisotopic (exact) mass is 352 g/mol. The Balaban J connectivity index is 2.10. The summed E-state index contributed by atoms with van der Waals surface area (Å²) in [5.41, 5.74) is 4.44. The van der Waals surface area contributed by atoms with Crippen LogP contribution in [0.3, 0.4) is 0 Å². The number of amides is 1. The molecule has 1 N–H and O–H groups in total. The van der Waals surface area contributed by atoms with Gasteiger partial charge in [-0.05, 0) is 44.9 Å². The van der Waals surface area contributed by atoms with Crippen molar-refractivity contribution in [2.45, 2.75) is 40.7 Å². The van der Waals surface area contributed by atoms with Gasteiger partial charge in [-0.25, -0.2) is 4.98 Å². The number of carbonyl (C=O) groups excluding carboxylic acids is 1. The lowest BCUT2D eigenvalue weighted by atomic mass is 10.2. The van der Waals surface area contributed by atoms with Gasteiger partial charge in [-0.15, -0.1) is 0 Å². The van der Waals surface area contributed by atoms with Crippen LogP contribution >= 0.6 is 0 Å². The van der Waals surface area contributed by atoms with E-state index in [1.165, 1.54) is 16.5 Å². The summed E-state index contributed by atoms with van der Waals surface area (Å²) in [4.78, 5) is 29.4. The van der Waals surface area contributed by atoms with Crippen molar-refractivity contribution in [1.29, 1.82) is 0 Å². The Morgan fingerprint density at radius 1 is 1.15 bits per heavy atom. The van der Waals surface area contributed by atoms with Crippen molar-refractivity contribution in [3.05, 3.63) is 57.8 Å². The minimum absolute atomic E-state index is 0.0179. The van der Waals surface area contributed by atoms with E-state index in [0.29, 0.717) is 17.6 Å². The summed E-state index contributed by atoms with van der Waals surface area (Å²) in [5, 5.41) is 3.35. The molecule has 0 radical (unpaired) electrons. The summed E-state index contributed by atoms with van der Waals surface area (Å²) >= 11 is 0. The molecule has 0 saturated heterocycles. The SMILES string of the molecule is CCCNC(=O)Cn1cnc2c(c(C)c(C)n2-c2ccc(C)cc2)c1=O. The van der Waals surface area contributed by atoms with Crippen LogP contribution < -0.4 is 10.9 Å². The zero-order valence-electron chi connectivity index (χ0n) is 15.7. The van der Waals surface area contributed by atoms with Crippen LogP contribution in [0.2, 0.25) is 0 Å². The number of nitrogens with one attached hydrogen (secondary N) is 1. The molecule has 0 saturated carbocycles. The first kappa shape index (κ1) is 17.9. The molecule has 0 unspecified atom stereocenters. The highest BCUT2D eigenvalue weighted by Gasteiger charge is 2.18. The van der Waals surface area contributed by atoms with Gasteiger partial charge in [-0.2, -0.15) is 0 Å². The van der Waals surface area contributed by atoms with Crippen molar-refractivity contribution in [3.8, 4) is 5.69 Å². The molecule has 0 aliphatic heterocycles. The third-order valence-corrected chi connectivity index (χ3v) is 4.66. The lowest BCUT2D eigenvalue weighted by molar-refractivity contribution is -0.121. The van der Waals surface area contributed by atoms with E-state index in [1.54, 1.807) is 0 Å². The van der Waals surface area contributed by atoms with E-state index >= 15 is 0 Å². The van der Waals surface area contributed by atoms with Gasteiger partial charge in [0.05, 0.1) is 5.39 Å². The van der Waals surface area contributed by atoms with Crippen molar-refractivity contribution in [3.63, 3.8) is 0 Å². The second-order valence-electron chi connectivity index (χ2n) is 6.61. The van der Waals surface area contributed by atoms with Gasteiger partial charge in [0.2, 0.25) is 5.91 Å². The largest absolute Gasteiger partial charge is 0.355 e. The molecule has 0 bridgehead atoms. The molecule has 26 heavy (non-hydrogen) atoms. The molecule has 2 aromatic heterocycles. The van der Waals surface area contributed by atoms with E-state index in [2.05, 4.69) is 10.3 Å². The van der Waals surface area contributed by atoms with Crippen LogP contribution in [0.4, 0.5) is 0 Å². The maximum absolute atomic E-state index is 12.9. The average Bonchev–Trinajstić information content (AvgIpc) is 2.88. The van der Waals surface area contributed by atoms with E-state index < -0.39 is 0 Å². The number of hydrogen-bond acceptors (Lipinski definition) is 3. The van der Waals surface area contributed by atoms with Crippen LogP contribution in [0.25, 0.3) is 16.7 Å². The van der Waals surface area contributed by atoms with Crippen LogP contribution in [-0.4, -0.2) is 26.6 Å². The summed E-state index contributed by atoms with van der Waals surface area (Å²) in [6.07, 6.45) is 2.31. The van der Waals surface area contributed by atoms with Gasteiger partial charge in [0.25, 0.3) is 5.56 Å². The van der Waals surface area contributed by atoms with Gasteiger partial charge in [-0.1, -0.05) is 24.6 Å². The smallest absolute Gasteiger partial charge is 0.263 e. The molecule has 6 nitrogen and oxygen atoms in total. The van der Waals surface area contributed by atoms with Gasteiger partial charge < -0.3 is 5.32 Å². The van der Waals surface area contributed by atoms with Crippen molar-refractivity contribution < 1.29 is 4.79 Å². The average molecular weight is 352 g/mol. The highest BCUT2D eigenvalue weighted by molar-refractivity contribution is 5.83. The van der Waals surface area contributed by atoms with Gasteiger partial charge in [0.15, 0.2) is 5.65 Å². The fourth-order valence-electron chi connectivity index (χ4n) is 3.08. The third-order valence-electron chi connectivity index (χ3n) is 4.66. The summed E-state index contributed by atoms with van der Waals surface area (Å²) in [6.45, 7) is 8.51. The Morgan fingerprint density at radius 3 is 2.50 bits per heavy atom. The van der Waals surface area contributed by atoms with Crippen molar-refractivity contribution in [1.82, 2.24) is 19.4 Å². The zero-order chi connectivity index (χ0) is 18.8. The predicted octanol–water partition coefficient (Wildman–Crippen LogP) is 2.64. The molecule has 1 aromatic carbocycles. The Labute approximate surface area is 152 Å². The first-order valence-corrected chi connectivity index (χ1v) is 8.84. The molecule has 0 aliphatic rings. The number of aryl methyl sites for hydroxylation is 2. The van der Waals surface area contributed by atoms with Gasteiger partial charge in [0.1, 0.15) is 12.9 Å². The van der Waals surface area contributed by atoms with Gasteiger partial charge >= 0.3 is 0 Å². The normalized spacial score (nSPS) is 11.1. The minimum atomic E-state index is -0.187. The summed E-state index contributed by atoms with van der Waals surface area (Å²) in [7, 11) is 0. The van der Waals surface area contributed by atoms with Crippen LogP contribution in [0.1, 0.15) is 30.2 Å². The number of aromatic nitrogens is 3. The topological polar surface area (TPSA) is 68.9 Å². The van der Waals surface area contributed by atoms with E-state index in [0.717, 1.165) is 23.4 Å². The molecule has 136 valence electrons. The molecule has 1 amide bonds. The van der Waals surface area contributed by atoms with E-state index in [1.807, 2.05) is 56.5 Å². The summed E-state index contributed by atoms with van der Waals surface area (Å²) in [5.74, 6) is -0.178. The van der Waals surface area contributed by atoms with E-state index in [9.17, 15) is 9.59 Å². The summed E-state index contributed by atoms with van der Waals surface area (Å²) < 4.78 is 3.37. The first-order chi connectivity index (χ1) is 12.4. The Kier molecular flexibility index (Phi) is 4.93. The molecule has 0 atom stereocenters. The van der Waals surface area contributed by atoms with Crippen molar-refractivity contribution in [2.75, 3.05) is 6.54 Å². The maximum atomic E-state index is 12.9. The minimum Gasteiger partial charge on any atom is -0.355 e. The maximum Gasteiger partial charge on any atom is 0.263 e. The van der Waals surface area contributed by atoms with Crippen molar-refractivity contribution >= 4 is 16.9 Å². The Morgan fingerprint density at radius 2 is 1.85 bits per heavy atom. The number of carbonyl (C=O) groups is 1. The standard InChI is InChI=1S/C20H24N4O2/c1-5-10-21-17(25)11-23-12-22-19-18(20(23)26)14(3)15(4)24(19)16-8-6-13(2)7-9-16/h6-9,12H,5,10-11H2,1-4H3,(H,21,25). The van der Waals surface area contributed by atoms with Crippen LogP contribution in [0.15, 0.2) is 35.4 Å². The van der Waals surface area contributed by atoms with E-state index in [-0.39, 0.29) is 18.0 Å². The molecular formula is C20H24N4O2. The highest BCUT2D eigenvalue weighted by atomic mass is 16.2. The Hall–Kier alpha value is -2.89. The van der Waals surface area contributed by atoms with Gasteiger partial charge in [0, 0.05) is 17.9 Å². The van der Waals surface area contributed by atoms with Crippen LogP contribution in [0, 0.1) is 20.8 Å². The molecule has 3 aromatic rings. The zero-order valence-corrected chi connectivity index (χ0v) is 15.7. The molecule has 2 heterocycles. The number of fused-ring (bicyclic) bond motifs is 1. The quantitative estimate of drug-likeness (QED) is 0.767. The highest BCUT2D eigenvalue weighted by Crippen LogP contribution is 2.25. The van der Waals surface area contributed by atoms with Crippen LogP contribution in [0.5, 0.6) is 0 Å². The lowest BCUT2D eigenvalue weighted by Crippen LogP contribution is -2.32. The van der Waals surface area contributed by atoms with Crippen LogP contribution in [-0.2, 0) is 11.3 Å². The lowest BCUT2D eigenvalue weighted by Gasteiger charge is -2.09. The number of benzene rings is 1. The van der Waals surface area contributed by atoms with Crippen molar-refractivity contribution in [2.24, 2.45) is 0 Å². The second-order valence-corrected chi connectivity index (χ2v) is 6.61. The Bertz CT molecular complexity index is 1010. The number of hydrogen-bond donors (Lipinski definition) is 1. The predicted molar refractivity (Wildman–Crippen MR) is 103 cm³/mol. The summed E-state index contributed by atoms with van der Waals surface area (Å²) in [6, 6.07) is 8.11. The fraction of sp³-hybridized carbons (Fsp3) is 0.350.